The van der Waals surface area contributed by atoms with Crippen molar-refractivity contribution in [1.29, 1.82) is 0 Å². The molecule has 1 saturated heterocycles. The highest BCUT2D eigenvalue weighted by Gasteiger charge is 2.23. The van der Waals surface area contributed by atoms with Crippen LogP contribution >= 0.6 is 0 Å². The summed E-state index contributed by atoms with van der Waals surface area (Å²) >= 11 is 0. The molecule has 0 amide bonds. The van der Waals surface area contributed by atoms with Crippen molar-refractivity contribution in [2.45, 2.75) is 32.6 Å². The number of piperidine rings is 1. The number of halogens is 1. The molecule has 7 nitrogen and oxygen atoms in total. The molecule has 31 heavy (non-hydrogen) atoms. The Hall–Kier alpha value is -2.84. The van der Waals surface area contributed by atoms with Gasteiger partial charge in [-0.1, -0.05) is 0 Å². The van der Waals surface area contributed by atoms with E-state index in [1.165, 1.54) is 6.07 Å². The van der Waals surface area contributed by atoms with Gasteiger partial charge in [-0.3, -0.25) is 0 Å². The van der Waals surface area contributed by atoms with Crippen molar-refractivity contribution in [1.82, 2.24) is 28.9 Å². The maximum atomic E-state index is 15.0. The fourth-order valence-electron chi connectivity index (χ4n) is 4.47. The van der Waals surface area contributed by atoms with Gasteiger partial charge in [-0.2, -0.15) is 5.10 Å². The minimum atomic E-state index is -0.331. The number of rotatable bonds is 5. The molecule has 0 radical (unpaired) electrons. The lowest BCUT2D eigenvalue weighted by Crippen LogP contribution is -2.35. The number of likely N-dealkylation sites (tertiary alicyclic amines) is 1. The van der Waals surface area contributed by atoms with E-state index in [0.717, 1.165) is 67.2 Å². The van der Waals surface area contributed by atoms with Crippen molar-refractivity contribution < 1.29 is 9.13 Å². The molecule has 0 spiro atoms. The largest absolute Gasteiger partial charge is 0.383 e. The van der Waals surface area contributed by atoms with Gasteiger partial charge in [-0.25, -0.2) is 18.9 Å². The number of imidazole rings is 2. The molecule has 0 bridgehead atoms. The smallest absolute Gasteiger partial charge is 0.173 e. The zero-order valence-electron chi connectivity index (χ0n) is 18.2. The van der Waals surface area contributed by atoms with Crippen molar-refractivity contribution in [2.24, 2.45) is 0 Å². The molecule has 0 unspecified atom stereocenters. The highest BCUT2D eigenvalue weighted by atomic mass is 19.1. The van der Waals surface area contributed by atoms with E-state index >= 15 is 0 Å². The summed E-state index contributed by atoms with van der Waals surface area (Å²) in [4.78, 5) is 11.5. The van der Waals surface area contributed by atoms with E-state index in [0.29, 0.717) is 17.3 Å². The van der Waals surface area contributed by atoms with Crippen molar-refractivity contribution in [2.75, 3.05) is 33.4 Å². The van der Waals surface area contributed by atoms with Gasteiger partial charge in [-0.15, -0.1) is 0 Å². The van der Waals surface area contributed by atoms with Crippen molar-refractivity contribution in [3.63, 3.8) is 0 Å². The minimum absolute atomic E-state index is 0.331. The van der Waals surface area contributed by atoms with Crippen LogP contribution in [0.4, 0.5) is 4.39 Å². The molecule has 1 aliphatic heterocycles. The minimum Gasteiger partial charge on any atom is -0.383 e. The predicted molar refractivity (Wildman–Crippen MR) is 117 cm³/mol. The molecule has 4 aromatic heterocycles. The maximum absolute atomic E-state index is 15.0. The van der Waals surface area contributed by atoms with Crippen LogP contribution in [0.15, 0.2) is 30.7 Å². The van der Waals surface area contributed by atoms with Crippen LogP contribution in [0.3, 0.4) is 0 Å². The molecule has 0 saturated carbocycles. The van der Waals surface area contributed by atoms with Gasteiger partial charge in [0.15, 0.2) is 17.1 Å². The van der Waals surface area contributed by atoms with Crippen LogP contribution < -0.4 is 0 Å². The highest BCUT2D eigenvalue weighted by molar-refractivity contribution is 5.64. The Morgan fingerprint density at radius 1 is 1.06 bits per heavy atom. The van der Waals surface area contributed by atoms with Crippen LogP contribution in [0.1, 0.15) is 35.7 Å². The molecule has 1 aliphatic rings. The second-order valence-corrected chi connectivity index (χ2v) is 8.45. The first-order valence-electron chi connectivity index (χ1n) is 10.8. The van der Waals surface area contributed by atoms with Crippen molar-refractivity contribution >= 4 is 11.3 Å². The summed E-state index contributed by atoms with van der Waals surface area (Å²) in [5, 5.41) is 4.64. The Labute approximate surface area is 180 Å². The number of hydrogen-bond donors (Lipinski definition) is 0. The fraction of sp³-hybridized carbons (Fsp3) is 0.435. The number of methoxy groups -OCH3 is 1. The van der Waals surface area contributed by atoms with Gasteiger partial charge in [0, 0.05) is 37.5 Å². The Kier molecular flexibility index (Phi) is 5.19. The van der Waals surface area contributed by atoms with E-state index in [-0.39, 0.29) is 5.82 Å². The van der Waals surface area contributed by atoms with Gasteiger partial charge in [0.05, 0.1) is 29.9 Å². The lowest BCUT2D eigenvalue weighted by atomic mass is 9.94. The lowest BCUT2D eigenvalue weighted by molar-refractivity contribution is 0.130. The zero-order chi connectivity index (χ0) is 21.5. The van der Waals surface area contributed by atoms with Gasteiger partial charge in [0.1, 0.15) is 0 Å². The quantitative estimate of drug-likeness (QED) is 0.492. The van der Waals surface area contributed by atoms with E-state index in [9.17, 15) is 4.39 Å². The van der Waals surface area contributed by atoms with Gasteiger partial charge < -0.3 is 14.0 Å². The third-order valence-corrected chi connectivity index (χ3v) is 6.17. The fourth-order valence-corrected chi connectivity index (χ4v) is 4.47. The molecular weight excluding hydrogens is 395 g/mol. The molecule has 0 aliphatic carbocycles. The zero-order valence-corrected chi connectivity index (χ0v) is 18.2. The molecule has 0 N–H and O–H groups in total. The van der Waals surface area contributed by atoms with Crippen LogP contribution in [0.5, 0.6) is 0 Å². The highest BCUT2D eigenvalue weighted by Crippen LogP contribution is 2.29. The summed E-state index contributed by atoms with van der Waals surface area (Å²) in [6.45, 7) is 7.68. The molecule has 0 aromatic carbocycles. The average molecular weight is 423 g/mol. The molecule has 4 aromatic rings. The number of nitrogens with zero attached hydrogens (tertiary/aromatic N) is 6. The topological polar surface area (TPSA) is 60.0 Å². The molecular formula is C23H27FN6O. The Morgan fingerprint density at radius 3 is 2.65 bits per heavy atom. The average Bonchev–Trinajstić information content (AvgIpc) is 3.36. The second kappa shape index (κ2) is 8.01. The third kappa shape index (κ3) is 3.81. The van der Waals surface area contributed by atoms with Gasteiger partial charge in [0.2, 0.25) is 0 Å². The number of fused-ring (bicyclic) bond motifs is 2. The van der Waals surface area contributed by atoms with Gasteiger partial charge in [-0.05, 0) is 57.5 Å². The summed E-state index contributed by atoms with van der Waals surface area (Å²) in [6.07, 6.45) is 7.83. The predicted octanol–water partition coefficient (Wildman–Crippen LogP) is 3.63. The number of pyridine rings is 1. The number of aromatic nitrogens is 5. The van der Waals surface area contributed by atoms with Crippen LogP contribution in [0, 0.1) is 19.7 Å². The second-order valence-electron chi connectivity index (χ2n) is 8.45. The summed E-state index contributed by atoms with van der Waals surface area (Å²) in [5.74, 6) is 0.0230. The van der Waals surface area contributed by atoms with Crippen molar-refractivity contribution in [3.05, 3.63) is 53.5 Å². The lowest BCUT2D eigenvalue weighted by Gasteiger charge is -2.30. The molecule has 1 fully saturated rings. The summed E-state index contributed by atoms with van der Waals surface area (Å²) in [7, 11) is 1.73. The Balaban J connectivity index is 1.44. The van der Waals surface area contributed by atoms with Gasteiger partial charge >= 0.3 is 0 Å². The van der Waals surface area contributed by atoms with Crippen LogP contribution in [-0.2, 0) is 4.74 Å². The first-order valence-corrected chi connectivity index (χ1v) is 10.8. The SMILES string of the molecule is COCCN1CCC(c2cn3cc(-c4cc(C)c5nc(C)cn5n4)cc(F)c3n2)CC1. The third-order valence-electron chi connectivity index (χ3n) is 6.17. The normalized spacial score (nSPS) is 16.0. The number of ether oxygens (including phenoxy) is 1. The van der Waals surface area contributed by atoms with Crippen LogP contribution in [-0.4, -0.2) is 62.2 Å². The number of hydrogen-bond acceptors (Lipinski definition) is 5. The van der Waals surface area contributed by atoms with E-state index in [2.05, 4.69) is 20.0 Å². The molecule has 5 heterocycles. The van der Waals surface area contributed by atoms with Crippen LogP contribution in [0.25, 0.3) is 22.6 Å². The van der Waals surface area contributed by atoms with E-state index in [1.54, 1.807) is 16.0 Å². The standard InChI is InChI=1S/C23H27FN6O/c1-15-10-20(27-30-12-16(2)25-22(15)30)18-11-19(24)23-26-21(14-29(23)13-18)17-4-6-28(7-5-17)8-9-31-3/h10-14,17H,4-9H2,1-3H3. The van der Waals surface area contributed by atoms with Gasteiger partial charge in [0.25, 0.3) is 0 Å². The molecule has 162 valence electrons. The first kappa shape index (κ1) is 20.1. The molecule has 5 rings (SSSR count). The monoisotopic (exact) mass is 422 g/mol. The molecule has 0 atom stereocenters. The van der Waals surface area contributed by atoms with Crippen molar-refractivity contribution in [3.8, 4) is 11.3 Å². The Bertz CT molecular complexity index is 1240. The summed E-state index contributed by atoms with van der Waals surface area (Å²) < 4.78 is 23.7. The van der Waals surface area contributed by atoms with E-state index in [4.69, 9.17) is 4.74 Å². The first-order chi connectivity index (χ1) is 15.0. The van der Waals surface area contributed by atoms with E-state index < -0.39 is 0 Å². The maximum Gasteiger partial charge on any atom is 0.173 e. The van der Waals surface area contributed by atoms with Crippen LogP contribution in [0.2, 0.25) is 0 Å². The van der Waals surface area contributed by atoms with E-state index in [1.807, 2.05) is 38.5 Å². The summed E-state index contributed by atoms with van der Waals surface area (Å²) in [5.41, 5.74) is 5.50. The molecule has 8 heteroatoms. The summed E-state index contributed by atoms with van der Waals surface area (Å²) in [6, 6.07) is 3.48. The Morgan fingerprint density at radius 2 is 1.87 bits per heavy atom. The number of aryl methyl sites for hydroxylation is 2.